The number of unbranched alkanes of at least 4 members (excludes halogenated alkanes) is 2. The van der Waals surface area contributed by atoms with Gasteiger partial charge in [0.2, 0.25) is 0 Å². The smallest absolute Gasteiger partial charge is 0.0411 e. The first-order chi connectivity index (χ1) is 10.2. The number of aryl methyl sites for hydroxylation is 2. The highest BCUT2D eigenvalue weighted by atomic mass is 79.9. The van der Waals surface area contributed by atoms with Gasteiger partial charge in [0.15, 0.2) is 0 Å². The van der Waals surface area contributed by atoms with Crippen molar-refractivity contribution >= 4 is 21.6 Å². The third-order valence-corrected chi connectivity index (χ3v) is 4.45. The Bertz CT molecular complexity index is 560. The fraction of sp³-hybridized carbons (Fsp3) is 0.368. The molecule has 0 radical (unpaired) electrons. The average molecular weight is 346 g/mol. The highest BCUT2D eigenvalue weighted by Gasteiger charge is 2.00. The molecule has 0 bridgehead atoms. The highest BCUT2D eigenvalue weighted by molar-refractivity contribution is 9.10. The van der Waals surface area contributed by atoms with E-state index in [1.165, 1.54) is 52.5 Å². The van der Waals surface area contributed by atoms with Gasteiger partial charge < -0.3 is 5.32 Å². The molecule has 0 saturated heterocycles. The number of nitrogens with one attached hydrogen (secondary N) is 1. The van der Waals surface area contributed by atoms with Crippen molar-refractivity contribution in [1.29, 1.82) is 0 Å². The lowest BCUT2D eigenvalue weighted by Gasteiger charge is -2.10. The summed E-state index contributed by atoms with van der Waals surface area (Å²) in [6, 6.07) is 15.3. The van der Waals surface area contributed by atoms with E-state index in [1.54, 1.807) is 0 Å². The molecule has 0 unspecified atom stereocenters. The molecule has 21 heavy (non-hydrogen) atoms. The van der Waals surface area contributed by atoms with Crippen LogP contribution in [0.4, 0.5) is 5.69 Å². The molecule has 0 saturated carbocycles. The number of anilines is 1. The van der Waals surface area contributed by atoms with Crippen molar-refractivity contribution < 1.29 is 0 Å². The van der Waals surface area contributed by atoms with Crippen LogP contribution >= 0.6 is 15.9 Å². The van der Waals surface area contributed by atoms with Crippen LogP contribution in [0.3, 0.4) is 0 Å². The number of halogens is 1. The molecule has 0 aliphatic rings. The Morgan fingerprint density at radius 1 is 1.00 bits per heavy atom. The van der Waals surface area contributed by atoms with E-state index in [2.05, 4.69) is 77.6 Å². The number of hydrogen-bond donors (Lipinski definition) is 1. The average Bonchev–Trinajstić information content (AvgIpc) is 2.48. The summed E-state index contributed by atoms with van der Waals surface area (Å²) in [4.78, 5) is 0. The van der Waals surface area contributed by atoms with Crippen molar-refractivity contribution in [2.75, 3.05) is 5.32 Å². The van der Waals surface area contributed by atoms with Crippen LogP contribution in [0.25, 0.3) is 0 Å². The first-order valence-corrected chi connectivity index (χ1v) is 8.56. The molecule has 2 rings (SSSR count). The summed E-state index contributed by atoms with van der Waals surface area (Å²) in [7, 11) is 0. The van der Waals surface area contributed by atoms with Crippen molar-refractivity contribution in [3.05, 3.63) is 63.6 Å². The van der Waals surface area contributed by atoms with Gasteiger partial charge in [0.25, 0.3) is 0 Å². The minimum atomic E-state index is 0.843. The van der Waals surface area contributed by atoms with Gasteiger partial charge in [0.1, 0.15) is 0 Å². The van der Waals surface area contributed by atoms with Gasteiger partial charge in [-0.15, -0.1) is 0 Å². The van der Waals surface area contributed by atoms with Crippen LogP contribution in [-0.2, 0) is 13.0 Å². The molecule has 2 aromatic carbocycles. The predicted molar refractivity (Wildman–Crippen MR) is 95.9 cm³/mol. The molecular formula is C19H24BrN. The maximum atomic E-state index is 3.63. The summed E-state index contributed by atoms with van der Waals surface area (Å²) in [6.45, 7) is 5.20. The summed E-state index contributed by atoms with van der Waals surface area (Å²) in [5.74, 6) is 0. The van der Waals surface area contributed by atoms with Gasteiger partial charge in [-0.25, -0.2) is 0 Å². The van der Waals surface area contributed by atoms with Crippen LogP contribution in [0.5, 0.6) is 0 Å². The van der Waals surface area contributed by atoms with E-state index in [0.717, 1.165) is 6.54 Å². The van der Waals surface area contributed by atoms with Gasteiger partial charge >= 0.3 is 0 Å². The van der Waals surface area contributed by atoms with Gasteiger partial charge in [-0.1, -0.05) is 60.0 Å². The van der Waals surface area contributed by atoms with Gasteiger partial charge in [0, 0.05) is 16.7 Å². The molecule has 0 amide bonds. The second kappa shape index (κ2) is 8.23. The van der Waals surface area contributed by atoms with Crippen LogP contribution in [0.1, 0.15) is 42.9 Å². The lowest BCUT2D eigenvalue weighted by atomic mass is 10.1. The molecular weight excluding hydrogens is 322 g/mol. The Balaban J connectivity index is 1.88. The molecule has 0 aromatic heterocycles. The molecule has 0 aliphatic heterocycles. The Kier molecular flexibility index (Phi) is 6.31. The van der Waals surface area contributed by atoms with Crippen LogP contribution in [0.15, 0.2) is 46.9 Å². The number of benzene rings is 2. The molecule has 0 heterocycles. The largest absolute Gasteiger partial charge is 0.381 e. The van der Waals surface area contributed by atoms with Crippen molar-refractivity contribution in [3.8, 4) is 0 Å². The Hall–Kier alpha value is -1.28. The van der Waals surface area contributed by atoms with E-state index >= 15 is 0 Å². The summed E-state index contributed by atoms with van der Waals surface area (Å²) in [5, 5.41) is 3.49. The highest BCUT2D eigenvalue weighted by Crippen LogP contribution is 2.20. The van der Waals surface area contributed by atoms with E-state index in [9.17, 15) is 0 Å². The van der Waals surface area contributed by atoms with Crippen LogP contribution in [0, 0.1) is 6.92 Å². The number of rotatable bonds is 7. The standard InChI is InChI=1S/C19H24BrN/c1-3-4-5-6-16-8-11-18(12-9-16)21-14-17-10-7-15(2)13-19(17)20/h7-13,21H,3-6,14H2,1-2H3. The van der Waals surface area contributed by atoms with E-state index < -0.39 is 0 Å². The first-order valence-electron chi connectivity index (χ1n) is 7.77. The fourth-order valence-electron chi connectivity index (χ4n) is 2.36. The van der Waals surface area contributed by atoms with Crippen molar-refractivity contribution in [2.45, 2.75) is 46.1 Å². The van der Waals surface area contributed by atoms with Crippen LogP contribution in [0.2, 0.25) is 0 Å². The van der Waals surface area contributed by atoms with E-state index in [0.29, 0.717) is 0 Å². The molecule has 2 aromatic rings. The monoisotopic (exact) mass is 345 g/mol. The molecule has 0 aliphatic carbocycles. The SMILES string of the molecule is CCCCCc1ccc(NCc2ccc(C)cc2Br)cc1. The summed E-state index contributed by atoms with van der Waals surface area (Å²) in [5.41, 5.74) is 5.18. The normalized spacial score (nSPS) is 10.6. The lowest BCUT2D eigenvalue weighted by molar-refractivity contribution is 0.717. The minimum Gasteiger partial charge on any atom is -0.381 e. The minimum absolute atomic E-state index is 0.843. The van der Waals surface area contributed by atoms with Gasteiger partial charge in [-0.2, -0.15) is 0 Å². The van der Waals surface area contributed by atoms with Crippen LogP contribution in [-0.4, -0.2) is 0 Å². The summed E-state index contributed by atoms with van der Waals surface area (Å²) < 4.78 is 1.17. The second-order valence-corrected chi connectivity index (χ2v) is 6.46. The topological polar surface area (TPSA) is 12.0 Å². The summed E-state index contributed by atoms with van der Waals surface area (Å²) >= 11 is 3.63. The third kappa shape index (κ3) is 5.20. The number of hydrogen-bond acceptors (Lipinski definition) is 1. The molecule has 1 N–H and O–H groups in total. The van der Waals surface area contributed by atoms with Gasteiger partial charge in [-0.3, -0.25) is 0 Å². The fourth-order valence-corrected chi connectivity index (χ4v) is 2.99. The molecule has 2 heteroatoms. The first kappa shape index (κ1) is 16.1. The Morgan fingerprint density at radius 3 is 2.43 bits per heavy atom. The molecule has 112 valence electrons. The van der Waals surface area contributed by atoms with Crippen molar-refractivity contribution in [1.82, 2.24) is 0 Å². The van der Waals surface area contributed by atoms with Crippen molar-refractivity contribution in [2.24, 2.45) is 0 Å². The second-order valence-electron chi connectivity index (χ2n) is 5.60. The van der Waals surface area contributed by atoms with Gasteiger partial charge in [0.05, 0.1) is 0 Å². The Morgan fingerprint density at radius 2 is 1.76 bits per heavy atom. The van der Waals surface area contributed by atoms with E-state index in [4.69, 9.17) is 0 Å². The van der Waals surface area contributed by atoms with Crippen molar-refractivity contribution in [3.63, 3.8) is 0 Å². The summed E-state index contributed by atoms with van der Waals surface area (Å²) in [6.07, 6.45) is 5.09. The zero-order valence-electron chi connectivity index (χ0n) is 13.0. The lowest BCUT2D eigenvalue weighted by Crippen LogP contribution is -2.00. The third-order valence-electron chi connectivity index (χ3n) is 3.71. The van der Waals surface area contributed by atoms with E-state index in [-0.39, 0.29) is 0 Å². The molecule has 0 atom stereocenters. The van der Waals surface area contributed by atoms with Crippen LogP contribution < -0.4 is 5.32 Å². The Labute approximate surface area is 136 Å². The maximum Gasteiger partial charge on any atom is 0.0411 e. The zero-order valence-corrected chi connectivity index (χ0v) is 14.5. The zero-order chi connectivity index (χ0) is 15.1. The molecule has 0 fully saturated rings. The molecule has 0 spiro atoms. The van der Waals surface area contributed by atoms with Gasteiger partial charge in [-0.05, 0) is 54.7 Å². The maximum absolute atomic E-state index is 3.63. The van der Waals surface area contributed by atoms with E-state index in [1.807, 2.05) is 0 Å². The quantitative estimate of drug-likeness (QED) is 0.597. The predicted octanol–water partition coefficient (Wildman–Crippen LogP) is 6.10. The molecule has 1 nitrogen and oxygen atoms in total.